The zero-order valence-corrected chi connectivity index (χ0v) is 8.20. The molecule has 1 amide bonds. The molecule has 1 radical (unpaired) electrons. The van der Waals surface area contributed by atoms with Gasteiger partial charge in [-0.05, 0) is 0 Å². The minimum Gasteiger partial charge on any atom is -0.396 e. The molecule has 0 aromatic heterocycles. The van der Waals surface area contributed by atoms with Crippen molar-refractivity contribution in [2.45, 2.75) is 6.92 Å². The summed E-state index contributed by atoms with van der Waals surface area (Å²) in [5.74, 6) is 0. The van der Waals surface area contributed by atoms with Gasteiger partial charge in [-0.25, -0.2) is 0 Å². The fourth-order valence-corrected chi connectivity index (χ4v) is 0.0559. The maximum Gasteiger partial charge on any atom is 0.0971 e. The van der Waals surface area contributed by atoms with E-state index in [-0.39, 0.29) is 32.7 Å². The van der Waals surface area contributed by atoms with Gasteiger partial charge in [-0.1, -0.05) is 0 Å². The number of isothiocyanates is 1. The third kappa shape index (κ3) is 30.8. The van der Waals surface area contributed by atoms with Gasteiger partial charge < -0.3 is 16.7 Å². The molecule has 0 fully saturated rings. The number of hydrogen-bond donors (Lipinski definition) is 0. The molecule has 0 N–H and O–H groups in total. The molecule has 0 saturated heterocycles. The standard InChI is InChI=1S/C2NOS.C2H5.Y/c4-1-3-2-5;1-2;/h;1H2,2H3;/q2*-1;. The van der Waals surface area contributed by atoms with E-state index in [1.54, 1.807) is 12.1 Å². The second-order valence-electron chi connectivity index (χ2n) is 0.294. The summed E-state index contributed by atoms with van der Waals surface area (Å²) in [5.41, 5.74) is 0. The van der Waals surface area contributed by atoms with Gasteiger partial charge in [0.2, 0.25) is 0 Å². The summed E-state index contributed by atoms with van der Waals surface area (Å²) in [6.07, 6.45) is 1.18. The van der Waals surface area contributed by atoms with E-state index in [4.69, 9.17) is 4.79 Å². The largest absolute Gasteiger partial charge is 0.396 e. The number of aliphatic imine (C=N–C) groups is 1. The van der Waals surface area contributed by atoms with Crippen molar-refractivity contribution in [3.05, 3.63) is 6.92 Å². The molecule has 0 bridgehead atoms. The summed E-state index contributed by atoms with van der Waals surface area (Å²) in [4.78, 5) is 11.7. The van der Waals surface area contributed by atoms with Crippen molar-refractivity contribution in [2.75, 3.05) is 0 Å². The average Bonchev–Trinajstić information content (AvgIpc) is 1.75. The first-order valence-electron chi connectivity index (χ1n) is 1.56. The maximum atomic E-state index is 8.98. The minimum atomic E-state index is 0. The predicted molar refractivity (Wildman–Crippen MR) is 31.8 cm³/mol. The van der Waals surface area contributed by atoms with Crippen molar-refractivity contribution in [3.8, 4) is 0 Å². The fraction of sp³-hybridized carbons (Fsp3) is 0.250. The molecule has 4 heteroatoms. The summed E-state index contributed by atoms with van der Waals surface area (Å²) in [6.45, 7) is 5.00. The van der Waals surface area contributed by atoms with Gasteiger partial charge in [-0.3, -0.25) is 0 Å². The van der Waals surface area contributed by atoms with Gasteiger partial charge in [0, 0.05) is 32.7 Å². The van der Waals surface area contributed by atoms with Gasteiger partial charge in [0.1, 0.15) is 0 Å². The van der Waals surface area contributed by atoms with Crippen LogP contribution in [0, 0.1) is 6.92 Å². The van der Waals surface area contributed by atoms with E-state index in [1.807, 2.05) is 0 Å². The van der Waals surface area contributed by atoms with Gasteiger partial charge in [0.15, 0.2) is 0 Å². The Balaban J connectivity index is -0.0000000750. The van der Waals surface area contributed by atoms with Crippen LogP contribution in [0.1, 0.15) is 6.92 Å². The molecule has 0 rings (SSSR count). The summed E-state index contributed by atoms with van der Waals surface area (Å²) >= 11 is 3.97. The maximum absolute atomic E-state index is 8.98. The van der Waals surface area contributed by atoms with Crippen LogP contribution in [0.3, 0.4) is 0 Å². The number of hydrogen-bond acceptors (Lipinski definition) is 2. The fourth-order valence-electron chi connectivity index (χ4n) is 0.0186. The van der Waals surface area contributed by atoms with Crippen LogP contribution in [0.15, 0.2) is 4.99 Å². The monoisotopic (exact) mass is 204 g/mol. The van der Waals surface area contributed by atoms with E-state index in [2.05, 4.69) is 24.1 Å². The van der Waals surface area contributed by atoms with E-state index in [0.29, 0.717) is 0 Å². The molecule has 0 aromatic carbocycles. The first-order chi connectivity index (χ1) is 3.41. The van der Waals surface area contributed by atoms with E-state index >= 15 is 0 Å². The zero-order valence-electron chi connectivity index (χ0n) is 4.55. The molecule has 0 aliphatic heterocycles. The van der Waals surface area contributed by atoms with Crippen LogP contribution < -0.4 is 0 Å². The van der Waals surface area contributed by atoms with Crippen molar-refractivity contribution in [1.29, 1.82) is 0 Å². The quantitative estimate of drug-likeness (QED) is 0.362. The predicted octanol–water partition coefficient (Wildman–Crippen LogP) is 0.994. The summed E-state index contributed by atoms with van der Waals surface area (Å²) in [7, 11) is 0. The van der Waals surface area contributed by atoms with Gasteiger partial charge in [-0.2, -0.15) is 12.1 Å². The van der Waals surface area contributed by atoms with Crippen LogP contribution in [-0.2, 0) is 37.5 Å². The Morgan fingerprint density at radius 2 is 2.12 bits per heavy atom. The molecular weight excluding hydrogens is 199 g/mol. The van der Waals surface area contributed by atoms with Crippen LogP contribution >= 0.6 is 12.2 Å². The van der Waals surface area contributed by atoms with Crippen LogP contribution in [0.25, 0.3) is 0 Å². The minimum absolute atomic E-state index is 0. The van der Waals surface area contributed by atoms with E-state index in [1.165, 1.54) is 6.41 Å². The molecular formula is C4H5NOSY-2. The van der Waals surface area contributed by atoms with Crippen molar-refractivity contribution < 1.29 is 37.5 Å². The molecule has 0 aromatic rings. The van der Waals surface area contributed by atoms with E-state index < -0.39 is 0 Å². The third-order valence-corrected chi connectivity index (χ3v) is 0.183. The summed E-state index contributed by atoms with van der Waals surface area (Å²) in [5, 5.41) is 1.80. The van der Waals surface area contributed by atoms with Gasteiger partial charge in [-0.15, -0.1) is 12.2 Å². The van der Waals surface area contributed by atoms with Gasteiger partial charge >= 0.3 is 0 Å². The van der Waals surface area contributed by atoms with E-state index in [0.717, 1.165) is 0 Å². The number of thiocarbonyl (C=S) groups is 1. The molecule has 2 nitrogen and oxygen atoms in total. The Hall–Kier alpha value is 0.574. The Morgan fingerprint density at radius 1 is 1.75 bits per heavy atom. The van der Waals surface area contributed by atoms with Crippen molar-refractivity contribution in [2.24, 2.45) is 4.99 Å². The van der Waals surface area contributed by atoms with Crippen LogP contribution in [0.5, 0.6) is 0 Å². The van der Waals surface area contributed by atoms with Crippen molar-refractivity contribution in [1.82, 2.24) is 0 Å². The van der Waals surface area contributed by atoms with Crippen molar-refractivity contribution in [3.63, 3.8) is 0 Å². The molecule has 0 aliphatic rings. The number of amides is 1. The Kier molecular flexibility index (Phi) is 50.7. The normalized spacial score (nSPS) is 3.75. The Labute approximate surface area is 79.6 Å². The topological polar surface area (TPSA) is 29.4 Å². The molecule has 8 heavy (non-hydrogen) atoms. The Bertz CT molecular complexity index is 80.1. The first kappa shape index (κ1) is 15.8. The second kappa shape index (κ2) is 25.6. The van der Waals surface area contributed by atoms with Gasteiger partial charge in [0.25, 0.3) is 0 Å². The average molecular weight is 204 g/mol. The van der Waals surface area contributed by atoms with Crippen LogP contribution in [-0.4, -0.2) is 11.6 Å². The molecule has 0 heterocycles. The number of carbonyl (C=O) groups excluding carboxylic acids is 1. The molecule has 0 atom stereocenters. The first-order valence-corrected chi connectivity index (χ1v) is 1.97. The number of rotatable bonds is 1. The molecule has 0 saturated carbocycles. The molecule has 43 valence electrons. The SMILES string of the molecule is O=[C-]N=C=S.[CH2-]C.[Y]. The summed E-state index contributed by atoms with van der Waals surface area (Å²) in [6, 6.07) is 0. The second-order valence-corrected chi connectivity index (χ2v) is 0.477. The smallest absolute Gasteiger partial charge is 0.0971 e. The van der Waals surface area contributed by atoms with Crippen molar-refractivity contribution >= 4 is 23.8 Å². The molecule has 0 aliphatic carbocycles. The number of nitrogens with zero attached hydrogens (tertiary/aromatic N) is 1. The third-order valence-electron chi connectivity index (χ3n) is 0.0913. The van der Waals surface area contributed by atoms with Gasteiger partial charge in [0.05, 0.1) is 6.41 Å². The van der Waals surface area contributed by atoms with E-state index in [9.17, 15) is 0 Å². The zero-order chi connectivity index (χ0) is 6.12. The Morgan fingerprint density at radius 3 is 2.12 bits per heavy atom. The van der Waals surface area contributed by atoms with Crippen LogP contribution in [0.4, 0.5) is 0 Å². The van der Waals surface area contributed by atoms with Crippen LogP contribution in [0.2, 0.25) is 0 Å². The molecule has 0 unspecified atom stereocenters. The molecule has 0 spiro atoms. The summed E-state index contributed by atoms with van der Waals surface area (Å²) < 4.78 is 0.